The molecule has 2 nitrogen and oxygen atoms in total. The van der Waals surface area contributed by atoms with Crippen molar-refractivity contribution in [3.05, 3.63) is 52.9 Å². The van der Waals surface area contributed by atoms with Crippen molar-refractivity contribution in [2.75, 3.05) is 20.2 Å². The number of hydrogen-bond acceptors (Lipinski definition) is 3. The Morgan fingerprint density at radius 3 is 2.68 bits per heavy atom. The topological polar surface area (TPSA) is 21.3 Å². The first-order valence-corrected chi connectivity index (χ1v) is 7.52. The summed E-state index contributed by atoms with van der Waals surface area (Å²) in [6, 6.07) is 12.7. The van der Waals surface area contributed by atoms with Gasteiger partial charge >= 0.3 is 0 Å². The lowest BCUT2D eigenvalue weighted by Crippen LogP contribution is -2.26. The highest BCUT2D eigenvalue weighted by Gasteiger charge is 2.10. The van der Waals surface area contributed by atoms with Crippen LogP contribution in [0.2, 0.25) is 0 Å². The average Bonchev–Trinajstić information content (AvgIpc) is 2.83. The molecule has 1 aromatic heterocycles. The van der Waals surface area contributed by atoms with E-state index >= 15 is 0 Å². The van der Waals surface area contributed by atoms with Crippen LogP contribution >= 0.6 is 11.3 Å². The lowest BCUT2D eigenvalue weighted by Gasteiger charge is -2.16. The molecule has 2 rings (SSSR count). The monoisotopic (exact) mass is 275 g/mol. The van der Waals surface area contributed by atoms with Crippen LogP contribution in [0.5, 0.6) is 5.06 Å². The van der Waals surface area contributed by atoms with Gasteiger partial charge in [0, 0.05) is 12.5 Å². The van der Waals surface area contributed by atoms with E-state index in [1.54, 1.807) is 11.3 Å². The molecule has 0 saturated carbocycles. The van der Waals surface area contributed by atoms with Gasteiger partial charge in [-0.3, -0.25) is 0 Å². The molecule has 3 heteroatoms. The van der Waals surface area contributed by atoms with E-state index in [9.17, 15) is 0 Å². The maximum absolute atomic E-state index is 5.89. The zero-order valence-electron chi connectivity index (χ0n) is 11.6. The second-order valence-electron chi connectivity index (χ2n) is 4.87. The fourth-order valence-corrected chi connectivity index (χ4v) is 2.87. The van der Waals surface area contributed by atoms with Crippen molar-refractivity contribution in [2.45, 2.75) is 13.3 Å². The molecular formula is C16H21NOS. The van der Waals surface area contributed by atoms with Gasteiger partial charge in [0.2, 0.25) is 0 Å². The molecule has 0 spiro atoms. The van der Waals surface area contributed by atoms with Crippen LogP contribution in [0.3, 0.4) is 0 Å². The number of rotatable bonds is 7. The van der Waals surface area contributed by atoms with Crippen LogP contribution in [0, 0.1) is 12.8 Å². The predicted molar refractivity (Wildman–Crippen MR) is 82.1 cm³/mol. The Bertz CT molecular complexity index is 481. The van der Waals surface area contributed by atoms with Gasteiger partial charge in [-0.15, -0.1) is 11.3 Å². The third-order valence-corrected chi connectivity index (χ3v) is 3.99. The Kier molecular flexibility index (Phi) is 5.43. The summed E-state index contributed by atoms with van der Waals surface area (Å²) in [5.41, 5.74) is 2.64. The van der Waals surface area contributed by atoms with Crippen LogP contribution in [-0.2, 0) is 6.42 Å². The van der Waals surface area contributed by atoms with Crippen LogP contribution < -0.4 is 10.1 Å². The highest BCUT2D eigenvalue weighted by molar-refractivity contribution is 7.12. The van der Waals surface area contributed by atoms with Gasteiger partial charge in [0.05, 0.1) is 6.61 Å². The summed E-state index contributed by atoms with van der Waals surface area (Å²) in [4.78, 5) is 0. The van der Waals surface area contributed by atoms with Crippen LogP contribution in [0.25, 0.3) is 0 Å². The van der Waals surface area contributed by atoms with E-state index in [0.29, 0.717) is 5.92 Å². The predicted octanol–water partition coefficient (Wildman–Crippen LogP) is 3.51. The molecule has 0 amide bonds. The third kappa shape index (κ3) is 4.69. The van der Waals surface area contributed by atoms with Crippen molar-refractivity contribution in [1.82, 2.24) is 5.32 Å². The summed E-state index contributed by atoms with van der Waals surface area (Å²) in [5, 5.41) is 6.40. The minimum absolute atomic E-state index is 0.495. The van der Waals surface area contributed by atoms with Gasteiger partial charge in [0.15, 0.2) is 5.06 Å². The van der Waals surface area contributed by atoms with E-state index in [4.69, 9.17) is 4.74 Å². The number of benzene rings is 1. The van der Waals surface area contributed by atoms with Crippen LogP contribution in [0.15, 0.2) is 41.8 Å². The van der Waals surface area contributed by atoms with Crippen molar-refractivity contribution in [1.29, 1.82) is 0 Å². The Hall–Kier alpha value is -1.32. The third-order valence-electron chi connectivity index (χ3n) is 3.03. The molecule has 0 bridgehead atoms. The molecule has 1 N–H and O–H groups in total. The second kappa shape index (κ2) is 7.31. The van der Waals surface area contributed by atoms with Gasteiger partial charge in [-0.05, 0) is 43.0 Å². The van der Waals surface area contributed by atoms with Crippen molar-refractivity contribution < 1.29 is 4.74 Å². The molecule has 0 aliphatic rings. The van der Waals surface area contributed by atoms with Gasteiger partial charge in [-0.25, -0.2) is 0 Å². The Morgan fingerprint density at radius 2 is 2.05 bits per heavy atom. The molecule has 1 heterocycles. The molecule has 0 saturated heterocycles. The summed E-state index contributed by atoms with van der Waals surface area (Å²) in [6.07, 6.45) is 1.05. The standard InChI is InChI=1S/C16H21NOS/c1-13-8-16(19-12-13)18-11-15(10-17-2)9-14-6-4-3-5-7-14/h3-8,12,15,17H,9-11H2,1-2H3. The molecule has 0 aliphatic heterocycles. The zero-order valence-corrected chi connectivity index (χ0v) is 12.4. The first-order valence-electron chi connectivity index (χ1n) is 6.64. The molecule has 1 aromatic carbocycles. The van der Waals surface area contributed by atoms with Crippen LogP contribution in [0.4, 0.5) is 0 Å². The highest BCUT2D eigenvalue weighted by atomic mass is 32.1. The Balaban J connectivity index is 1.89. The lowest BCUT2D eigenvalue weighted by molar-refractivity contribution is 0.252. The van der Waals surface area contributed by atoms with Gasteiger partial charge in [-0.1, -0.05) is 30.3 Å². The fourth-order valence-electron chi connectivity index (χ4n) is 2.11. The van der Waals surface area contributed by atoms with Crippen molar-refractivity contribution in [3.63, 3.8) is 0 Å². The molecule has 2 aromatic rings. The normalized spacial score (nSPS) is 12.3. The van der Waals surface area contributed by atoms with E-state index in [2.05, 4.69) is 54.0 Å². The molecule has 0 aliphatic carbocycles. The Morgan fingerprint density at radius 1 is 1.26 bits per heavy atom. The quantitative estimate of drug-likeness (QED) is 0.835. The minimum atomic E-state index is 0.495. The van der Waals surface area contributed by atoms with Crippen LogP contribution in [0.1, 0.15) is 11.1 Å². The molecule has 0 radical (unpaired) electrons. The summed E-state index contributed by atoms with van der Waals surface area (Å²) < 4.78 is 5.89. The van der Waals surface area contributed by atoms with Crippen molar-refractivity contribution in [3.8, 4) is 5.06 Å². The largest absolute Gasteiger partial charge is 0.484 e. The Labute approximate surface area is 119 Å². The van der Waals surface area contributed by atoms with E-state index in [-0.39, 0.29) is 0 Å². The van der Waals surface area contributed by atoms with Crippen LogP contribution in [-0.4, -0.2) is 20.2 Å². The fraction of sp³-hybridized carbons (Fsp3) is 0.375. The van der Waals surface area contributed by atoms with Gasteiger partial charge < -0.3 is 10.1 Å². The summed E-state index contributed by atoms with van der Waals surface area (Å²) in [5.74, 6) is 0.495. The number of ether oxygens (including phenoxy) is 1. The highest BCUT2D eigenvalue weighted by Crippen LogP contribution is 2.23. The second-order valence-corrected chi connectivity index (χ2v) is 5.74. The summed E-state index contributed by atoms with van der Waals surface area (Å²) in [6.45, 7) is 3.83. The number of thiophene rings is 1. The first kappa shape index (κ1) is 14.1. The minimum Gasteiger partial charge on any atom is -0.484 e. The molecule has 1 atom stereocenters. The molecule has 102 valence electrons. The molecule has 1 unspecified atom stereocenters. The van der Waals surface area contributed by atoms with Gasteiger partial charge in [0.1, 0.15) is 0 Å². The SMILES string of the molecule is CNCC(COc1cc(C)cs1)Cc1ccccc1. The van der Waals surface area contributed by atoms with E-state index < -0.39 is 0 Å². The van der Waals surface area contributed by atoms with E-state index in [0.717, 1.165) is 24.6 Å². The average molecular weight is 275 g/mol. The smallest absolute Gasteiger partial charge is 0.173 e. The maximum atomic E-state index is 5.89. The summed E-state index contributed by atoms with van der Waals surface area (Å²) in [7, 11) is 1.99. The van der Waals surface area contributed by atoms with Gasteiger partial charge in [0.25, 0.3) is 0 Å². The number of nitrogens with one attached hydrogen (secondary N) is 1. The van der Waals surface area contributed by atoms with Crippen molar-refractivity contribution in [2.24, 2.45) is 5.92 Å². The van der Waals surface area contributed by atoms with Crippen molar-refractivity contribution >= 4 is 11.3 Å². The number of aryl methyl sites for hydroxylation is 1. The lowest BCUT2D eigenvalue weighted by atomic mass is 10.0. The van der Waals surface area contributed by atoms with E-state index in [1.165, 1.54) is 11.1 Å². The molecular weight excluding hydrogens is 254 g/mol. The summed E-state index contributed by atoms with van der Waals surface area (Å²) >= 11 is 1.67. The molecule has 19 heavy (non-hydrogen) atoms. The number of hydrogen-bond donors (Lipinski definition) is 1. The zero-order chi connectivity index (χ0) is 13.5. The van der Waals surface area contributed by atoms with E-state index in [1.807, 2.05) is 7.05 Å². The maximum Gasteiger partial charge on any atom is 0.173 e. The first-order chi connectivity index (χ1) is 9.28. The molecule has 0 fully saturated rings. The van der Waals surface area contributed by atoms with Gasteiger partial charge in [-0.2, -0.15) is 0 Å².